The Hall–Kier alpha value is -1.85. The predicted molar refractivity (Wildman–Crippen MR) is 87.6 cm³/mol. The molecule has 0 spiro atoms. The largest absolute Gasteiger partial charge is 0.368 e. The molecule has 0 unspecified atom stereocenters. The number of hydrogen-bond acceptors (Lipinski definition) is 5. The topological polar surface area (TPSA) is 76.7 Å². The third-order valence-corrected chi connectivity index (χ3v) is 3.94. The normalized spacial score (nSPS) is 10.5. The standard InChI is InChI=1S/C14H15Cl2N5/c1-4-9-12(16)20-14(17)21-13(9)19-6-10-8(3)11(15)7(2)5-18-10/h4-5H,1,6H2,2-3H3,(H3,17,19,20,21). The van der Waals surface area contributed by atoms with Gasteiger partial charge in [0.25, 0.3) is 0 Å². The summed E-state index contributed by atoms with van der Waals surface area (Å²) in [5.74, 6) is 0.611. The molecule has 5 nitrogen and oxygen atoms in total. The monoisotopic (exact) mass is 323 g/mol. The van der Waals surface area contributed by atoms with Crippen LogP contribution in [0.5, 0.6) is 0 Å². The lowest BCUT2D eigenvalue weighted by atomic mass is 10.1. The minimum atomic E-state index is 0.0970. The van der Waals surface area contributed by atoms with E-state index in [2.05, 4.69) is 26.8 Å². The SMILES string of the molecule is C=Cc1c(Cl)nc(N)nc1NCc1ncc(C)c(Cl)c1C. The van der Waals surface area contributed by atoms with Crippen LogP contribution in [0.4, 0.5) is 11.8 Å². The third kappa shape index (κ3) is 3.25. The van der Waals surface area contributed by atoms with Crippen LogP contribution in [0.15, 0.2) is 12.8 Å². The average molecular weight is 324 g/mol. The van der Waals surface area contributed by atoms with Crippen LogP contribution in [-0.4, -0.2) is 15.0 Å². The zero-order valence-corrected chi connectivity index (χ0v) is 13.3. The van der Waals surface area contributed by atoms with E-state index in [4.69, 9.17) is 28.9 Å². The molecule has 0 radical (unpaired) electrons. The van der Waals surface area contributed by atoms with Crippen LogP contribution in [0.1, 0.15) is 22.4 Å². The number of aromatic nitrogens is 3. The lowest BCUT2D eigenvalue weighted by Crippen LogP contribution is -2.09. The number of pyridine rings is 1. The van der Waals surface area contributed by atoms with Gasteiger partial charge in [-0.1, -0.05) is 35.9 Å². The number of hydrogen-bond donors (Lipinski definition) is 2. The first-order chi connectivity index (χ1) is 9.93. The zero-order valence-electron chi connectivity index (χ0n) is 11.7. The Balaban J connectivity index is 2.29. The summed E-state index contributed by atoms with van der Waals surface area (Å²) in [5, 5.41) is 4.11. The molecule has 2 aromatic rings. The van der Waals surface area contributed by atoms with Crippen molar-refractivity contribution in [2.24, 2.45) is 0 Å². The number of aryl methyl sites for hydroxylation is 1. The van der Waals surface area contributed by atoms with E-state index in [0.29, 0.717) is 22.9 Å². The van der Waals surface area contributed by atoms with Crippen molar-refractivity contribution >= 4 is 41.0 Å². The molecule has 7 heteroatoms. The van der Waals surface area contributed by atoms with Crippen molar-refractivity contribution in [2.45, 2.75) is 20.4 Å². The fourth-order valence-electron chi connectivity index (χ4n) is 1.87. The molecule has 0 saturated carbocycles. The average Bonchev–Trinajstić information content (AvgIpc) is 2.43. The van der Waals surface area contributed by atoms with E-state index in [1.54, 1.807) is 12.3 Å². The molecule has 0 aromatic carbocycles. The first-order valence-corrected chi connectivity index (χ1v) is 6.99. The second kappa shape index (κ2) is 6.28. The van der Waals surface area contributed by atoms with Crippen molar-refractivity contribution in [1.82, 2.24) is 15.0 Å². The molecule has 0 saturated heterocycles. The van der Waals surface area contributed by atoms with Crippen molar-refractivity contribution in [3.05, 3.63) is 45.3 Å². The van der Waals surface area contributed by atoms with Gasteiger partial charge in [-0.2, -0.15) is 4.98 Å². The van der Waals surface area contributed by atoms with Crippen LogP contribution in [0.2, 0.25) is 10.2 Å². The second-order valence-electron chi connectivity index (χ2n) is 4.52. The van der Waals surface area contributed by atoms with Gasteiger partial charge in [0.1, 0.15) is 11.0 Å². The van der Waals surface area contributed by atoms with E-state index < -0.39 is 0 Å². The molecular formula is C14H15Cl2N5. The molecular weight excluding hydrogens is 309 g/mol. The zero-order chi connectivity index (χ0) is 15.6. The fourth-order valence-corrected chi connectivity index (χ4v) is 2.28. The lowest BCUT2D eigenvalue weighted by Gasteiger charge is -2.12. The maximum Gasteiger partial charge on any atom is 0.223 e. The van der Waals surface area contributed by atoms with E-state index >= 15 is 0 Å². The Kier molecular flexibility index (Phi) is 4.65. The van der Waals surface area contributed by atoms with Gasteiger partial charge < -0.3 is 11.1 Å². The van der Waals surface area contributed by atoms with Crippen LogP contribution in [0.3, 0.4) is 0 Å². The first kappa shape index (κ1) is 15.5. The first-order valence-electron chi connectivity index (χ1n) is 6.24. The van der Waals surface area contributed by atoms with Crippen LogP contribution in [0.25, 0.3) is 6.08 Å². The molecule has 2 rings (SSSR count). The summed E-state index contributed by atoms with van der Waals surface area (Å²) >= 11 is 12.2. The van der Waals surface area contributed by atoms with Crippen LogP contribution < -0.4 is 11.1 Å². The van der Waals surface area contributed by atoms with E-state index in [9.17, 15) is 0 Å². The van der Waals surface area contributed by atoms with E-state index in [1.165, 1.54) is 0 Å². The summed E-state index contributed by atoms with van der Waals surface area (Å²) < 4.78 is 0. The number of nitrogens with two attached hydrogens (primary N) is 1. The van der Waals surface area contributed by atoms with Gasteiger partial charge in [-0.25, -0.2) is 4.98 Å². The smallest absolute Gasteiger partial charge is 0.223 e. The summed E-state index contributed by atoms with van der Waals surface area (Å²) in [4.78, 5) is 12.4. The highest BCUT2D eigenvalue weighted by Crippen LogP contribution is 2.25. The highest BCUT2D eigenvalue weighted by molar-refractivity contribution is 6.32. The molecule has 110 valence electrons. The maximum absolute atomic E-state index is 6.22. The number of nitrogens with one attached hydrogen (secondary N) is 1. The highest BCUT2D eigenvalue weighted by atomic mass is 35.5. The van der Waals surface area contributed by atoms with Crippen LogP contribution >= 0.6 is 23.2 Å². The number of halogens is 2. The van der Waals surface area contributed by atoms with Crippen molar-refractivity contribution < 1.29 is 0 Å². The summed E-state index contributed by atoms with van der Waals surface area (Å²) in [7, 11) is 0. The molecule has 0 fully saturated rings. The van der Waals surface area contributed by atoms with Gasteiger partial charge >= 0.3 is 0 Å². The number of anilines is 2. The minimum absolute atomic E-state index is 0.0970. The maximum atomic E-state index is 6.22. The van der Waals surface area contributed by atoms with Gasteiger partial charge in [-0.15, -0.1) is 0 Å². The molecule has 0 aliphatic carbocycles. The summed E-state index contributed by atoms with van der Waals surface area (Å²) in [6, 6.07) is 0. The van der Waals surface area contributed by atoms with Gasteiger partial charge in [-0.05, 0) is 25.0 Å². The summed E-state index contributed by atoms with van der Waals surface area (Å²) in [5.41, 5.74) is 8.91. The van der Waals surface area contributed by atoms with Gasteiger partial charge in [-0.3, -0.25) is 4.98 Å². The number of rotatable bonds is 4. The fraction of sp³-hybridized carbons (Fsp3) is 0.214. The highest BCUT2D eigenvalue weighted by Gasteiger charge is 2.11. The van der Waals surface area contributed by atoms with E-state index in [1.807, 2.05) is 13.8 Å². The van der Waals surface area contributed by atoms with Crippen molar-refractivity contribution in [3.63, 3.8) is 0 Å². The molecule has 0 bridgehead atoms. The van der Waals surface area contributed by atoms with Gasteiger partial charge in [0.2, 0.25) is 5.95 Å². The van der Waals surface area contributed by atoms with Gasteiger partial charge in [0.05, 0.1) is 17.8 Å². The van der Waals surface area contributed by atoms with Crippen molar-refractivity contribution in [2.75, 3.05) is 11.1 Å². The Morgan fingerprint density at radius 2 is 2.05 bits per heavy atom. The molecule has 21 heavy (non-hydrogen) atoms. The Labute approximate surface area is 133 Å². The summed E-state index contributed by atoms with van der Waals surface area (Å²) in [6.45, 7) is 7.98. The molecule has 0 atom stereocenters. The Bertz CT molecular complexity index is 700. The molecule has 2 aromatic heterocycles. The third-order valence-electron chi connectivity index (χ3n) is 3.07. The number of nitrogens with zero attached hydrogens (tertiary/aromatic N) is 3. The molecule has 0 amide bonds. The van der Waals surface area contributed by atoms with Crippen molar-refractivity contribution in [1.29, 1.82) is 0 Å². The van der Waals surface area contributed by atoms with E-state index in [-0.39, 0.29) is 11.1 Å². The minimum Gasteiger partial charge on any atom is -0.368 e. The molecule has 3 N–H and O–H groups in total. The Morgan fingerprint density at radius 1 is 1.33 bits per heavy atom. The van der Waals surface area contributed by atoms with E-state index in [0.717, 1.165) is 16.8 Å². The lowest BCUT2D eigenvalue weighted by molar-refractivity contribution is 0.992. The Morgan fingerprint density at radius 3 is 2.71 bits per heavy atom. The second-order valence-corrected chi connectivity index (χ2v) is 5.26. The summed E-state index contributed by atoms with van der Waals surface area (Å²) in [6.07, 6.45) is 3.31. The van der Waals surface area contributed by atoms with Crippen LogP contribution in [-0.2, 0) is 6.54 Å². The quantitative estimate of drug-likeness (QED) is 0.840. The van der Waals surface area contributed by atoms with Crippen molar-refractivity contribution in [3.8, 4) is 0 Å². The number of nitrogen functional groups attached to an aromatic ring is 1. The predicted octanol–water partition coefficient (Wildman–Crippen LogP) is 3.63. The van der Waals surface area contributed by atoms with Crippen LogP contribution in [0, 0.1) is 13.8 Å². The molecule has 2 heterocycles. The molecule has 0 aliphatic heterocycles. The van der Waals surface area contributed by atoms with Gasteiger partial charge in [0.15, 0.2) is 0 Å². The van der Waals surface area contributed by atoms with Gasteiger partial charge in [0, 0.05) is 11.2 Å². The molecule has 0 aliphatic rings.